The third-order valence-corrected chi connectivity index (χ3v) is 3.55. The molecule has 1 heterocycles. The van der Waals surface area contributed by atoms with Crippen molar-refractivity contribution in [2.75, 3.05) is 32.8 Å². The van der Waals surface area contributed by atoms with Crippen molar-refractivity contribution in [3.05, 3.63) is 0 Å². The summed E-state index contributed by atoms with van der Waals surface area (Å²) in [7, 11) is 0. The van der Waals surface area contributed by atoms with Crippen LogP contribution < -0.4 is 5.32 Å². The van der Waals surface area contributed by atoms with Gasteiger partial charge >= 0.3 is 0 Å². The van der Waals surface area contributed by atoms with Crippen LogP contribution in [0.4, 0.5) is 0 Å². The fourth-order valence-electron chi connectivity index (χ4n) is 2.47. The van der Waals surface area contributed by atoms with Crippen LogP contribution in [0.2, 0.25) is 0 Å². The third-order valence-electron chi connectivity index (χ3n) is 3.55. The number of nitrogens with one attached hydrogen (secondary N) is 1. The van der Waals surface area contributed by atoms with Crippen molar-refractivity contribution in [3.8, 4) is 0 Å². The van der Waals surface area contributed by atoms with Gasteiger partial charge in [-0.2, -0.15) is 0 Å². The minimum absolute atomic E-state index is 0.139. The van der Waals surface area contributed by atoms with Gasteiger partial charge in [0, 0.05) is 19.7 Å². The molecule has 2 N–H and O–H groups in total. The molecular weight excluding hydrogens is 228 g/mol. The van der Waals surface area contributed by atoms with Crippen molar-refractivity contribution in [1.82, 2.24) is 10.2 Å². The molecule has 4 heteroatoms. The second-order valence-electron chi connectivity index (χ2n) is 5.79. The Bertz CT molecular complexity index is 242. The number of hydrogen-bond donors (Lipinski definition) is 2. The van der Waals surface area contributed by atoms with E-state index in [9.17, 15) is 4.79 Å². The largest absolute Gasteiger partial charge is 0.396 e. The fourth-order valence-corrected chi connectivity index (χ4v) is 2.47. The van der Waals surface area contributed by atoms with Gasteiger partial charge in [-0.05, 0) is 44.1 Å². The smallest absolute Gasteiger partial charge is 0.234 e. The van der Waals surface area contributed by atoms with E-state index in [0.29, 0.717) is 18.4 Å². The molecule has 18 heavy (non-hydrogen) atoms. The molecule has 0 bridgehead atoms. The van der Waals surface area contributed by atoms with Gasteiger partial charge in [0.05, 0.1) is 6.54 Å². The van der Waals surface area contributed by atoms with Gasteiger partial charge in [0.15, 0.2) is 0 Å². The van der Waals surface area contributed by atoms with E-state index < -0.39 is 0 Å². The van der Waals surface area contributed by atoms with E-state index in [2.05, 4.69) is 24.1 Å². The number of hydrogen-bond acceptors (Lipinski definition) is 3. The molecule has 0 spiro atoms. The average Bonchev–Trinajstić information content (AvgIpc) is 2.29. The quantitative estimate of drug-likeness (QED) is 0.720. The molecule has 1 aliphatic rings. The van der Waals surface area contributed by atoms with E-state index in [4.69, 9.17) is 5.11 Å². The first-order chi connectivity index (χ1) is 8.61. The second-order valence-corrected chi connectivity index (χ2v) is 5.79. The topological polar surface area (TPSA) is 52.6 Å². The number of aliphatic hydroxyl groups excluding tert-OH is 1. The summed E-state index contributed by atoms with van der Waals surface area (Å²) >= 11 is 0. The summed E-state index contributed by atoms with van der Waals surface area (Å²) in [6.45, 7) is 7.85. The molecule has 1 rings (SSSR count). The van der Waals surface area contributed by atoms with Crippen LogP contribution in [0.5, 0.6) is 0 Å². The predicted octanol–water partition coefficient (Wildman–Crippen LogP) is 1.24. The molecule has 0 radical (unpaired) electrons. The van der Waals surface area contributed by atoms with Crippen LogP contribution in [-0.4, -0.2) is 48.7 Å². The van der Waals surface area contributed by atoms with Gasteiger partial charge < -0.3 is 10.4 Å². The maximum atomic E-state index is 11.8. The lowest BCUT2D eigenvalue weighted by Gasteiger charge is -2.31. The van der Waals surface area contributed by atoms with Gasteiger partial charge in [-0.15, -0.1) is 0 Å². The zero-order chi connectivity index (χ0) is 13.4. The molecule has 0 saturated carbocycles. The summed E-state index contributed by atoms with van der Waals surface area (Å²) in [6.07, 6.45) is 4.24. The molecule has 1 atom stereocenters. The van der Waals surface area contributed by atoms with Crippen LogP contribution in [0.25, 0.3) is 0 Å². The Kier molecular flexibility index (Phi) is 7.28. The molecule has 0 aliphatic carbocycles. The van der Waals surface area contributed by atoms with Crippen LogP contribution in [0.1, 0.15) is 39.5 Å². The summed E-state index contributed by atoms with van der Waals surface area (Å²) in [4.78, 5) is 14.0. The monoisotopic (exact) mass is 256 g/mol. The minimum atomic E-state index is 0.139. The standard InChI is InChI=1S/C14H28N2O2/c1-12(2)5-7-15-14(18)11-16-8-3-4-13(10-16)6-9-17/h12-13,17H,3-11H2,1-2H3,(H,15,18). The van der Waals surface area contributed by atoms with E-state index in [-0.39, 0.29) is 12.5 Å². The molecule has 1 amide bonds. The first kappa shape index (κ1) is 15.4. The predicted molar refractivity (Wildman–Crippen MR) is 73.3 cm³/mol. The molecule has 106 valence electrons. The highest BCUT2D eigenvalue weighted by atomic mass is 16.3. The number of amides is 1. The van der Waals surface area contributed by atoms with Crippen molar-refractivity contribution in [2.24, 2.45) is 11.8 Å². The van der Waals surface area contributed by atoms with E-state index in [1.54, 1.807) is 0 Å². The zero-order valence-corrected chi connectivity index (χ0v) is 11.8. The van der Waals surface area contributed by atoms with Gasteiger partial charge in [0.25, 0.3) is 0 Å². The molecular formula is C14H28N2O2. The van der Waals surface area contributed by atoms with E-state index in [1.807, 2.05) is 0 Å². The molecule has 4 nitrogen and oxygen atoms in total. The van der Waals surface area contributed by atoms with Gasteiger partial charge in [-0.1, -0.05) is 13.8 Å². The Morgan fingerprint density at radius 1 is 1.50 bits per heavy atom. The number of piperidine rings is 1. The lowest BCUT2D eigenvalue weighted by molar-refractivity contribution is -0.122. The number of likely N-dealkylation sites (tertiary alicyclic amines) is 1. The highest BCUT2D eigenvalue weighted by Crippen LogP contribution is 2.18. The van der Waals surface area contributed by atoms with Crippen LogP contribution in [0, 0.1) is 11.8 Å². The zero-order valence-electron chi connectivity index (χ0n) is 11.8. The molecule has 1 aliphatic heterocycles. The van der Waals surface area contributed by atoms with E-state index in [1.165, 1.54) is 6.42 Å². The Labute approximate surface area is 111 Å². The number of rotatable bonds is 7. The van der Waals surface area contributed by atoms with Gasteiger partial charge in [0.1, 0.15) is 0 Å². The van der Waals surface area contributed by atoms with Crippen molar-refractivity contribution >= 4 is 5.91 Å². The highest BCUT2D eigenvalue weighted by molar-refractivity contribution is 5.77. The maximum absolute atomic E-state index is 11.8. The van der Waals surface area contributed by atoms with Crippen molar-refractivity contribution in [1.29, 1.82) is 0 Å². The summed E-state index contributed by atoms with van der Waals surface area (Å²) in [6, 6.07) is 0. The Morgan fingerprint density at radius 3 is 2.94 bits per heavy atom. The SMILES string of the molecule is CC(C)CCNC(=O)CN1CCCC(CCO)C1. The Hall–Kier alpha value is -0.610. The van der Waals surface area contributed by atoms with Gasteiger partial charge in [-0.25, -0.2) is 0 Å². The fraction of sp³-hybridized carbons (Fsp3) is 0.929. The first-order valence-corrected chi connectivity index (χ1v) is 7.21. The Balaban J connectivity index is 2.18. The molecule has 1 fully saturated rings. The summed E-state index contributed by atoms with van der Waals surface area (Å²) < 4.78 is 0. The highest BCUT2D eigenvalue weighted by Gasteiger charge is 2.20. The summed E-state index contributed by atoms with van der Waals surface area (Å²) in [5.41, 5.74) is 0. The maximum Gasteiger partial charge on any atom is 0.234 e. The molecule has 0 aromatic heterocycles. The Morgan fingerprint density at radius 2 is 2.28 bits per heavy atom. The lowest BCUT2D eigenvalue weighted by Crippen LogP contribution is -2.43. The van der Waals surface area contributed by atoms with E-state index in [0.717, 1.165) is 38.9 Å². The molecule has 1 unspecified atom stereocenters. The number of nitrogens with zero attached hydrogens (tertiary/aromatic N) is 1. The summed E-state index contributed by atoms with van der Waals surface area (Å²) in [5, 5.41) is 11.9. The average molecular weight is 256 g/mol. The van der Waals surface area contributed by atoms with Crippen LogP contribution >= 0.6 is 0 Å². The van der Waals surface area contributed by atoms with Crippen molar-refractivity contribution in [2.45, 2.75) is 39.5 Å². The van der Waals surface area contributed by atoms with E-state index >= 15 is 0 Å². The molecule has 0 aromatic rings. The normalized spacial score (nSPS) is 21.2. The molecule has 1 saturated heterocycles. The first-order valence-electron chi connectivity index (χ1n) is 7.21. The van der Waals surface area contributed by atoms with Gasteiger partial charge in [-0.3, -0.25) is 9.69 Å². The number of carbonyl (C=O) groups excluding carboxylic acids is 1. The van der Waals surface area contributed by atoms with Crippen LogP contribution in [0.15, 0.2) is 0 Å². The van der Waals surface area contributed by atoms with Crippen molar-refractivity contribution < 1.29 is 9.90 Å². The second kappa shape index (κ2) is 8.48. The summed E-state index contributed by atoms with van der Waals surface area (Å²) in [5.74, 6) is 1.33. The van der Waals surface area contributed by atoms with Crippen molar-refractivity contribution in [3.63, 3.8) is 0 Å². The number of carbonyl (C=O) groups is 1. The van der Waals surface area contributed by atoms with Crippen LogP contribution in [0.3, 0.4) is 0 Å². The minimum Gasteiger partial charge on any atom is -0.396 e. The van der Waals surface area contributed by atoms with Gasteiger partial charge in [0.2, 0.25) is 5.91 Å². The molecule has 0 aromatic carbocycles. The third kappa shape index (κ3) is 6.36. The lowest BCUT2D eigenvalue weighted by atomic mass is 9.95. The van der Waals surface area contributed by atoms with Crippen LogP contribution in [-0.2, 0) is 4.79 Å². The number of aliphatic hydroxyl groups is 1.